The van der Waals surface area contributed by atoms with Gasteiger partial charge in [0.2, 0.25) is 18.0 Å². The van der Waals surface area contributed by atoms with Gasteiger partial charge in [-0.1, -0.05) is 42.5 Å². The molecule has 1 unspecified atom stereocenters. The molecule has 3 aromatic rings. The summed E-state index contributed by atoms with van der Waals surface area (Å²) in [6.07, 6.45) is -4.27. The highest BCUT2D eigenvalue weighted by atomic mass is 32.2. The summed E-state index contributed by atoms with van der Waals surface area (Å²) in [5.41, 5.74) is 1.48. The van der Waals surface area contributed by atoms with Crippen molar-refractivity contribution in [3.8, 4) is 5.75 Å². The van der Waals surface area contributed by atoms with Crippen molar-refractivity contribution < 1.29 is 37.0 Å². The van der Waals surface area contributed by atoms with Crippen LogP contribution in [0.1, 0.15) is 40.1 Å². The minimum atomic E-state index is -4.75. The zero-order valence-electron chi connectivity index (χ0n) is 23.3. The molecule has 228 valence electrons. The first-order chi connectivity index (χ1) is 20.6. The van der Waals surface area contributed by atoms with E-state index in [0.717, 1.165) is 34.6 Å². The van der Waals surface area contributed by atoms with Gasteiger partial charge >= 0.3 is 12.3 Å². The van der Waals surface area contributed by atoms with Crippen molar-refractivity contribution in [1.82, 2.24) is 14.9 Å². The third kappa shape index (κ3) is 6.15. The summed E-state index contributed by atoms with van der Waals surface area (Å²) in [6.45, 7) is 0.0713. The van der Waals surface area contributed by atoms with Crippen LogP contribution in [-0.2, 0) is 15.2 Å². The minimum Gasteiger partial charge on any atom is -0.451 e. The average Bonchev–Trinajstić information content (AvgIpc) is 3.15. The van der Waals surface area contributed by atoms with Gasteiger partial charge in [-0.05, 0) is 29.7 Å². The molecule has 2 atom stereocenters. The first-order valence-corrected chi connectivity index (χ1v) is 14.3. The van der Waals surface area contributed by atoms with Gasteiger partial charge in [0.25, 0.3) is 5.91 Å². The molecular formula is C29H29F3N4O6S. The molecule has 1 aromatic heterocycles. The fourth-order valence-electron chi connectivity index (χ4n) is 5.03. The van der Waals surface area contributed by atoms with E-state index in [0.29, 0.717) is 10.7 Å². The topological polar surface area (TPSA) is 102 Å². The number of fused-ring (bicyclic) bond motifs is 3. The molecule has 0 radical (unpaired) electrons. The maximum Gasteiger partial charge on any atom is 0.410 e. The zero-order valence-corrected chi connectivity index (χ0v) is 24.1. The number of hydrogen-bond acceptors (Lipinski definition) is 8. The van der Waals surface area contributed by atoms with Crippen LogP contribution in [0, 0.1) is 0 Å². The van der Waals surface area contributed by atoms with E-state index in [4.69, 9.17) is 14.2 Å². The van der Waals surface area contributed by atoms with Crippen molar-refractivity contribution in [3.05, 3.63) is 93.4 Å². The number of methoxy groups -OCH3 is 1. The van der Waals surface area contributed by atoms with Crippen LogP contribution in [0.25, 0.3) is 0 Å². The molecule has 0 fully saturated rings. The fraction of sp³-hybridized carbons (Fsp3) is 0.345. The summed E-state index contributed by atoms with van der Waals surface area (Å²) in [5.74, 6) is -0.956. The number of hydrogen-bond donors (Lipinski definition) is 1. The molecule has 0 aliphatic carbocycles. The number of aromatic nitrogens is 1. The second-order valence-corrected chi connectivity index (χ2v) is 10.8. The van der Waals surface area contributed by atoms with Crippen LogP contribution in [0.15, 0.2) is 70.5 Å². The summed E-state index contributed by atoms with van der Waals surface area (Å²) >= 11 is 1.61. The molecule has 2 aliphatic rings. The van der Waals surface area contributed by atoms with Crippen molar-refractivity contribution in [1.29, 1.82) is 0 Å². The van der Waals surface area contributed by atoms with Crippen LogP contribution in [0.4, 0.5) is 18.0 Å². The number of pyridine rings is 1. The largest absolute Gasteiger partial charge is 0.451 e. The second-order valence-electron chi connectivity index (χ2n) is 9.82. The van der Waals surface area contributed by atoms with Gasteiger partial charge in [-0.25, -0.2) is 4.79 Å². The highest BCUT2D eigenvalue weighted by molar-refractivity contribution is 7.98. The highest BCUT2D eigenvalue weighted by Crippen LogP contribution is 2.43. The molecule has 0 bridgehead atoms. The van der Waals surface area contributed by atoms with E-state index in [1.165, 1.54) is 18.0 Å². The molecule has 3 heterocycles. The standard InChI is InChI=1S/C29H29F3N4O6S/c1-18(29(30,31)32)34-16-36(24-20-8-4-3-7-19(20)15-43-23-10-6-5-9-21(23)24)35-13-11-22(37)26(25(35)27(34)38)41-17-42-28(39)33-12-14-40-2/h3-11,13,18,24H,12,14-17H2,1-2H3,(H,33,39)/t18?,24-/m0/s1. The second kappa shape index (κ2) is 12.6. The molecule has 2 aliphatic heterocycles. The van der Waals surface area contributed by atoms with Crippen LogP contribution in [0.2, 0.25) is 0 Å². The molecule has 0 spiro atoms. The Hall–Kier alpha value is -4.17. The average molecular weight is 619 g/mol. The fourth-order valence-corrected chi connectivity index (χ4v) is 6.12. The van der Waals surface area contributed by atoms with Gasteiger partial charge in [0.05, 0.1) is 12.6 Å². The Morgan fingerprint density at radius 3 is 2.56 bits per heavy atom. The van der Waals surface area contributed by atoms with Crippen molar-refractivity contribution >= 4 is 23.8 Å². The predicted octanol–water partition coefficient (Wildman–Crippen LogP) is 4.25. The maximum absolute atomic E-state index is 14.1. The van der Waals surface area contributed by atoms with Crippen molar-refractivity contribution in [2.45, 2.75) is 35.8 Å². The van der Waals surface area contributed by atoms with E-state index in [1.807, 2.05) is 48.5 Å². The van der Waals surface area contributed by atoms with Gasteiger partial charge < -0.3 is 24.4 Å². The lowest BCUT2D eigenvalue weighted by atomic mass is 9.94. The Morgan fingerprint density at radius 2 is 1.81 bits per heavy atom. The normalized spacial score (nSPS) is 16.9. The number of carbonyl (C=O) groups excluding carboxylic acids is 2. The lowest BCUT2D eigenvalue weighted by Gasteiger charge is -2.46. The lowest BCUT2D eigenvalue weighted by molar-refractivity contribution is -0.173. The van der Waals surface area contributed by atoms with E-state index in [1.54, 1.807) is 16.8 Å². The van der Waals surface area contributed by atoms with Gasteiger partial charge in [0.15, 0.2) is 5.69 Å². The van der Waals surface area contributed by atoms with Gasteiger partial charge in [0.1, 0.15) is 12.7 Å². The van der Waals surface area contributed by atoms with Crippen LogP contribution >= 0.6 is 11.8 Å². The molecular weight excluding hydrogens is 589 g/mol. The van der Waals surface area contributed by atoms with Crippen LogP contribution < -0.4 is 20.5 Å². The number of halogens is 3. The highest BCUT2D eigenvalue weighted by Gasteiger charge is 2.47. The minimum absolute atomic E-state index is 0.152. The summed E-state index contributed by atoms with van der Waals surface area (Å²) in [6, 6.07) is 13.5. The summed E-state index contributed by atoms with van der Waals surface area (Å²) < 4.78 is 59.0. The maximum atomic E-state index is 14.1. The monoisotopic (exact) mass is 618 g/mol. The molecule has 0 saturated heterocycles. The first kappa shape index (κ1) is 30.3. The Kier molecular flexibility index (Phi) is 8.87. The number of alkyl halides is 3. The van der Waals surface area contributed by atoms with Crippen LogP contribution in [0.5, 0.6) is 5.75 Å². The SMILES string of the molecule is COCCNC(=O)OCOc1c2n(ccc1=O)N([C@H]1c3ccccc3CSc3ccccc31)CN(C(C)C(F)(F)F)C2=O. The number of alkyl carbamates (subject to hydrolysis) is 1. The number of benzene rings is 2. The van der Waals surface area contributed by atoms with E-state index in [2.05, 4.69) is 5.32 Å². The summed E-state index contributed by atoms with van der Waals surface area (Å²) in [4.78, 5) is 40.3. The number of nitrogens with one attached hydrogen (secondary N) is 1. The van der Waals surface area contributed by atoms with Gasteiger partial charge in [-0.15, -0.1) is 11.8 Å². The number of rotatable bonds is 8. The third-order valence-corrected chi connectivity index (χ3v) is 8.37. The van der Waals surface area contributed by atoms with Crippen molar-refractivity contribution in [3.63, 3.8) is 0 Å². The van der Waals surface area contributed by atoms with E-state index in [-0.39, 0.29) is 13.2 Å². The van der Waals surface area contributed by atoms with Crippen molar-refractivity contribution in [2.24, 2.45) is 0 Å². The zero-order chi connectivity index (χ0) is 30.7. The van der Waals surface area contributed by atoms with Crippen LogP contribution in [0.3, 0.4) is 0 Å². The van der Waals surface area contributed by atoms with E-state index in [9.17, 15) is 27.6 Å². The lowest BCUT2D eigenvalue weighted by Crippen LogP contribution is -2.60. The first-order valence-electron chi connectivity index (χ1n) is 13.3. The number of ether oxygens (including phenoxy) is 3. The van der Waals surface area contributed by atoms with Gasteiger partial charge in [-0.2, -0.15) is 13.2 Å². The van der Waals surface area contributed by atoms with E-state index >= 15 is 0 Å². The molecule has 2 aromatic carbocycles. The smallest absolute Gasteiger partial charge is 0.410 e. The summed E-state index contributed by atoms with van der Waals surface area (Å²) in [5, 5.41) is 4.03. The van der Waals surface area contributed by atoms with Crippen molar-refractivity contribution in [2.75, 3.05) is 38.7 Å². The number of carbonyl (C=O) groups is 2. The van der Waals surface area contributed by atoms with Gasteiger partial charge in [-0.3, -0.25) is 19.3 Å². The Labute approximate surface area is 249 Å². The molecule has 5 rings (SSSR count). The number of thioether (sulfide) groups is 1. The van der Waals surface area contributed by atoms with Gasteiger partial charge in [0, 0.05) is 36.6 Å². The summed E-state index contributed by atoms with van der Waals surface area (Å²) in [7, 11) is 1.45. The Balaban J connectivity index is 1.62. The molecule has 2 amide bonds. The third-order valence-electron chi connectivity index (χ3n) is 7.23. The molecule has 0 saturated carbocycles. The molecule has 14 heteroatoms. The number of amides is 2. The quantitative estimate of drug-likeness (QED) is 0.295. The Bertz CT molecular complexity index is 1520. The molecule has 43 heavy (non-hydrogen) atoms. The molecule has 10 nitrogen and oxygen atoms in total. The predicted molar refractivity (Wildman–Crippen MR) is 152 cm³/mol. The number of nitrogens with zero attached hydrogens (tertiary/aromatic N) is 3. The van der Waals surface area contributed by atoms with E-state index < -0.39 is 60.6 Å². The Morgan fingerprint density at radius 1 is 1.09 bits per heavy atom. The molecule has 1 N–H and O–H groups in total. The van der Waals surface area contributed by atoms with Crippen LogP contribution in [-0.4, -0.2) is 67.5 Å².